The summed E-state index contributed by atoms with van der Waals surface area (Å²) in [5, 5.41) is 5.70. The lowest BCUT2D eigenvalue weighted by Crippen LogP contribution is -2.13. The summed E-state index contributed by atoms with van der Waals surface area (Å²) in [5.74, 6) is -0.0128. The average molecular weight is 344 g/mol. The Balaban J connectivity index is 1.85. The van der Waals surface area contributed by atoms with Crippen LogP contribution in [-0.4, -0.2) is 9.97 Å². The van der Waals surface area contributed by atoms with E-state index < -0.39 is 11.9 Å². The summed E-state index contributed by atoms with van der Waals surface area (Å²) < 4.78 is 39.3. The van der Waals surface area contributed by atoms with Gasteiger partial charge < -0.3 is 10.6 Å². The molecule has 7 heteroatoms. The van der Waals surface area contributed by atoms with E-state index >= 15 is 0 Å². The van der Waals surface area contributed by atoms with Gasteiger partial charge in [0.2, 0.25) is 5.95 Å². The molecule has 128 valence electrons. The molecule has 0 aliphatic carbocycles. The third kappa shape index (κ3) is 4.69. The van der Waals surface area contributed by atoms with Crippen LogP contribution in [0, 0.1) is 0 Å². The van der Waals surface area contributed by atoms with Crippen LogP contribution in [0.15, 0.2) is 66.7 Å². The molecule has 0 spiro atoms. The number of nitrogens with one attached hydrogen (secondary N) is 2. The normalized spacial score (nSPS) is 11.2. The highest BCUT2D eigenvalue weighted by Gasteiger charge is 2.33. The molecule has 1 heterocycles. The standard InChI is InChI=1S/C18H15F3N4/c19-18(20,21)15-11-16(23-14-9-5-2-6-10-14)25-17(24-15)22-12-13-7-3-1-4-8-13/h1-11H,12H2,(H2,22,23,24,25). The van der Waals surface area contributed by atoms with Gasteiger partial charge in [0.1, 0.15) is 5.82 Å². The molecule has 1 aromatic heterocycles. The number of halogens is 3. The Morgan fingerprint density at radius 2 is 1.48 bits per heavy atom. The molecule has 3 aromatic rings. The van der Waals surface area contributed by atoms with Crippen molar-refractivity contribution in [2.75, 3.05) is 10.6 Å². The van der Waals surface area contributed by atoms with E-state index in [-0.39, 0.29) is 11.8 Å². The third-order valence-corrected chi connectivity index (χ3v) is 3.36. The fraction of sp³-hybridized carbons (Fsp3) is 0.111. The summed E-state index contributed by atoms with van der Waals surface area (Å²) in [4.78, 5) is 7.70. The van der Waals surface area contributed by atoms with Gasteiger partial charge in [-0.15, -0.1) is 0 Å². The minimum atomic E-state index is -4.56. The average Bonchev–Trinajstić information content (AvgIpc) is 2.61. The van der Waals surface area contributed by atoms with Crippen LogP contribution >= 0.6 is 0 Å². The van der Waals surface area contributed by atoms with E-state index in [2.05, 4.69) is 20.6 Å². The van der Waals surface area contributed by atoms with Gasteiger partial charge in [-0.25, -0.2) is 4.98 Å². The summed E-state index contributed by atoms with van der Waals surface area (Å²) in [7, 11) is 0. The largest absolute Gasteiger partial charge is 0.433 e. The number of nitrogens with zero attached hydrogens (tertiary/aromatic N) is 2. The summed E-state index contributed by atoms with van der Waals surface area (Å²) in [5.41, 5.74) is 0.556. The first-order valence-electron chi connectivity index (χ1n) is 7.57. The first-order valence-corrected chi connectivity index (χ1v) is 7.57. The van der Waals surface area contributed by atoms with Gasteiger partial charge >= 0.3 is 6.18 Å². The molecule has 0 saturated heterocycles. The lowest BCUT2D eigenvalue weighted by Gasteiger charge is -2.13. The van der Waals surface area contributed by atoms with Crippen LogP contribution in [0.2, 0.25) is 0 Å². The minimum absolute atomic E-state index is 0.0732. The molecule has 0 amide bonds. The van der Waals surface area contributed by atoms with Gasteiger partial charge in [-0.05, 0) is 17.7 Å². The van der Waals surface area contributed by atoms with E-state index in [1.165, 1.54) is 0 Å². The second kappa shape index (κ2) is 7.21. The van der Waals surface area contributed by atoms with Crippen molar-refractivity contribution in [2.45, 2.75) is 12.7 Å². The predicted octanol–water partition coefficient (Wildman–Crippen LogP) is 4.85. The monoisotopic (exact) mass is 344 g/mol. The van der Waals surface area contributed by atoms with Crippen LogP contribution in [0.25, 0.3) is 0 Å². The molecule has 2 aromatic carbocycles. The van der Waals surface area contributed by atoms with Crippen molar-refractivity contribution >= 4 is 17.5 Å². The Morgan fingerprint density at radius 3 is 2.12 bits per heavy atom. The van der Waals surface area contributed by atoms with Crippen molar-refractivity contribution in [3.05, 3.63) is 78.0 Å². The Morgan fingerprint density at radius 1 is 0.840 bits per heavy atom. The SMILES string of the molecule is FC(F)(F)c1cc(Nc2ccccc2)nc(NCc2ccccc2)n1. The molecule has 0 saturated carbocycles. The fourth-order valence-corrected chi connectivity index (χ4v) is 2.18. The molecular weight excluding hydrogens is 329 g/mol. The minimum Gasteiger partial charge on any atom is -0.350 e. The quantitative estimate of drug-likeness (QED) is 0.695. The van der Waals surface area contributed by atoms with Crippen LogP contribution in [0.3, 0.4) is 0 Å². The van der Waals surface area contributed by atoms with Gasteiger partial charge in [-0.1, -0.05) is 48.5 Å². The third-order valence-electron chi connectivity index (χ3n) is 3.36. The molecule has 0 aliphatic heterocycles. The number of aromatic nitrogens is 2. The maximum absolute atomic E-state index is 13.1. The Bertz CT molecular complexity index is 821. The van der Waals surface area contributed by atoms with Crippen LogP contribution < -0.4 is 10.6 Å². The Labute approximate surface area is 142 Å². The smallest absolute Gasteiger partial charge is 0.350 e. The van der Waals surface area contributed by atoms with Gasteiger partial charge in [0, 0.05) is 18.3 Å². The zero-order valence-corrected chi connectivity index (χ0v) is 13.1. The van der Waals surface area contributed by atoms with E-state index in [0.29, 0.717) is 12.2 Å². The molecule has 0 bridgehead atoms. The lowest BCUT2D eigenvalue weighted by atomic mass is 10.2. The molecule has 0 unspecified atom stereocenters. The highest BCUT2D eigenvalue weighted by atomic mass is 19.4. The zero-order chi connectivity index (χ0) is 17.7. The van der Waals surface area contributed by atoms with Gasteiger partial charge in [-0.3, -0.25) is 0 Å². The molecule has 2 N–H and O–H groups in total. The number of anilines is 3. The van der Waals surface area contributed by atoms with Crippen molar-refractivity contribution in [1.82, 2.24) is 9.97 Å². The molecule has 25 heavy (non-hydrogen) atoms. The Hall–Kier alpha value is -3.09. The maximum atomic E-state index is 13.1. The highest BCUT2D eigenvalue weighted by molar-refractivity contribution is 5.57. The number of hydrogen-bond donors (Lipinski definition) is 2. The molecule has 4 nitrogen and oxygen atoms in total. The molecular formula is C18H15F3N4. The predicted molar refractivity (Wildman–Crippen MR) is 90.5 cm³/mol. The number of alkyl halides is 3. The van der Waals surface area contributed by atoms with Crippen LogP contribution in [-0.2, 0) is 12.7 Å². The second-order valence-corrected chi connectivity index (χ2v) is 5.29. The summed E-state index contributed by atoms with van der Waals surface area (Å²) in [6.45, 7) is 0.326. The molecule has 0 atom stereocenters. The Kier molecular flexibility index (Phi) is 4.83. The van der Waals surface area contributed by atoms with Crippen molar-refractivity contribution < 1.29 is 13.2 Å². The van der Waals surface area contributed by atoms with Crippen LogP contribution in [0.5, 0.6) is 0 Å². The lowest BCUT2D eigenvalue weighted by molar-refractivity contribution is -0.141. The van der Waals surface area contributed by atoms with E-state index in [0.717, 1.165) is 11.6 Å². The number of rotatable bonds is 5. The molecule has 3 rings (SSSR count). The number of para-hydroxylation sites is 1. The van der Waals surface area contributed by atoms with Gasteiger partial charge in [0.25, 0.3) is 0 Å². The van der Waals surface area contributed by atoms with Gasteiger partial charge in [0.15, 0.2) is 5.69 Å². The van der Waals surface area contributed by atoms with E-state index in [4.69, 9.17) is 0 Å². The fourth-order valence-electron chi connectivity index (χ4n) is 2.18. The topological polar surface area (TPSA) is 49.8 Å². The maximum Gasteiger partial charge on any atom is 0.433 e. The molecule has 0 aliphatic rings. The van der Waals surface area contributed by atoms with Crippen LogP contribution in [0.1, 0.15) is 11.3 Å². The van der Waals surface area contributed by atoms with Gasteiger partial charge in [-0.2, -0.15) is 18.2 Å². The van der Waals surface area contributed by atoms with Crippen molar-refractivity contribution in [3.8, 4) is 0 Å². The summed E-state index contributed by atoms with van der Waals surface area (Å²) in [6.07, 6.45) is -4.56. The van der Waals surface area contributed by atoms with E-state index in [1.807, 2.05) is 36.4 Å². The van der Waals surface area contributed by atoms with E-state index in [1.54, 1.807) is 24.3 Å². The number of benzene rings is 2. The van der Waals surface area contributed by atoms with Crippen molar-refractivity contribution in [3.63, 3.8) is 0 Å². The molecule has 0 radical (unpaired) electrons. The van der Waals surface area contributed by atoms with Crippen LogP contribution in [0.4, 0.5) is 30.6 Å². The summed E-state index contributed by atoms with van der Waals surface area (Å²) in [6, 6.07) is 19.1. The molecule has 0 fully saturated rings. The first-order chi connectivity index (χ1) is 12.0. The second-order valence-electron chi connectivity index (χ2n) is 5.29. The highest BCUT2D eigenvalue weighted by Crippen LogP contribution is 2.30. The first kappa shape index (κ1) is 16.8. The zero-order valence-electron chi connectivity index (χ0n) is 13.1. The summed E-state index contributed by atoms with van der Waals surface area (Å²) >= 11 is 0. The van der Waals surface area contributed by atoms with E-state index in [9.17, 15) is 13.2 Å². The number of hydrogen-bond acceptors (Lipinski definition) is 4. The van der Waals surface area contributed by atoms with Crippen molar-refractivity contribution in [1.29, 1.82) is 0 Å². The van der Waals surface area contributed by atoms with Crippen molar-refractivity contribution in [2.24, 2.45) is 0 Å². The van der Waals surface area contributed by atoms with Gasteiger partial charge in [0.05, 0.1) is 0 Å².